The van der Waals surface area contributed by atoms with Crippen molar-refractivity contribution in [2.75, 3.05) is 34.4 Å². The average Bonchev–Trinajstić information content (AvgIpc) is 2.64. The van der Waals surface area contributed by atoms with E-state index in [2.05, 4.69) is 9.88 Å². The van der Waals surface area contributed by atoms with Gasteiger partial charge in [-0.3, -0.25) is 9.59 Å². The molecule has 27 heavy (non-hydrogen) atoms. The Balaban J connectivity index is 2.01. The zero-order valence-electron chi connectivity index (χ0n) is 16.1. The summed E-state index contributed by atoms with van der Waals surface area (Å²) >= 11 is 0. The lowest BCUT2D eigenvalue weighted by molar-refractivity contribution is 0.190. The minimum absolute atomic E-state index is 0.102. The molecule has 3 rings (SSSR count). The molecule has 3 heterocycles. The van der Waals surface area contributed by atoms with E-state index >= 15 is 0 Å². The lowest BCUT2D eigenvalue weighted by Crippen LogP contribution is -2.24. The van der Waals surface area contributed by atoms with Gasteiger partial charge in [-0.1, -0.05) is 0 Å². The summed E-state index contributed by atoms with van der Waals surface area (Å²) < 4.78 is 8.39. The van der Waals surface area contributed by atoms with E-state index in [1.54, 1.807) is 34.7 Å². The van der Waals surface area contributed by atoms with Crippen LogP contribution in [0.1, 0.15) is 12.8 Å². The molecular formula is C20H26N4O3. The summed E-state index contributed by atoms with van der Waals surface area (Å²) in [5.74, 6) is 0. The number of hydrogen-bond acceptors (Lipinski definition) is 5. The summed E-state index contributed by atoms with van der Waals surface area (Å²) in [6.45, 7) is 2.72. The summed E-state index contributed by atoms with van der Waals surface area (Å²) in [6.07, 6.45) is 5.17. The third-order valence-electron chi connectivity index (χ3n) is 4.64. The number of aryl methyl sites for hydroxylation is 2. The van der Waals surface area contributed by atoms with Crippen molar-refractivity contribution in [2.45, 2.75) is 25.9 Å². The Morgan fingerprint density at radius 2 is 1.52 bits per heavy atom. The number of nitrogens with zero attached hydrogens (tertiary/aromatic N) is 4. The highest BCUT2D eigenvalue weighted by atomic mass is 16.5. The molecule has 0 atom stereocenters. The largest absolute Gasteiger partial charge is 0.385 e. The van der Waals surface area contributed by atoms with Crippen LogP contribution in [0.2, 0.25) is 0 Å². The molecule has 144 valence electrons. The maximum Gasteiger partial charge on any atom is 0.260 e. The topological polar surface area (TPSA) is 69.4 Å². The van der Waals surface area contributed by atoms with Gasteiger partial charge in [-0.2, -0.15) is 0 Å². The molecule has 0 unspecified atom stereocenters. The first-order valence-electron chi connectivity index (χ1n) is 9.18. The Kier molecular flexibility index (Phi) is 6.03. The summed E-state index contributed by atoms with van der Waals surface area (Å²) in [4.78, 5) is 32.2. The van der Waals surface area contributed by atoms with Crippen LogP contribution in [0.25, 0.3) is 21.8 Å². The van der Waals surface area contributed by atoms with Crippen LogP contribution < -0.4 is 11.1 Å². The van der Waals surface area contributed by atoms with Gasteiger partial charge in [0, 0.05) is 39.2 Å². The summed E-state index contributed by atoms with van der Waals surface area (Å²) in [6, 6.07) is 5.36. The molecular weight excluding hydrogens is 344 g/mol. The highest BCUT2D eigenvalue weighted by Gasteiger charge is 2.10. The first kappa shape index (κ1) is 19.3. The summed E-state index contributed by atoms with van der Waals surface area (Å²) in [5.41, 5.74) is 1.00. The highest BCUT2D eigenvalue weighted by molar-refractivity contribution is 5.91. The van der Waals surface area contributed by atoms with E-state index in [-0.39, 0.29) is 11.1 Å². The normalized spacial score (nSPS) is 11.7. The maximum atomic E-state index is 12.8. The van der Waals surface area contributed by atoms with Crippen molar-refractivity contribution >= 4 is 21.8 Å². The summed E-state index contributed by atoms with van der Waals surface area (Å²) in [5, 5.41) is 0.965. The number of ether oxygens (including phenoxy) is 1. The monoisotopic (exact) mass is 370 g/mol. The van der Waals surface area contributed by atoms with Crippen LogP contribution in [0.3, 0.4) is 0 Å². The van der Waals surface area contributed by atoms with E-state index in [0.29, 0.717) is 41.5 Å². The van der Waals surface area contributed by atoms with Crippen molar-refractivity contribution in [3.63, 3.8) is 0 Å². The lowest BCUT2D eigenvalue weighted by atomic mass is 10.2. The van der Waals surface area contributed by atoms with Crippen LogP contribution in [0, 0.1) is 0 Å². The fourth-order valence-corrected chi connectivity index (χ4v) is 3.19. The number of aromatic nitrogens is 3. The standard InChI is InChI=1S/C20H26N4O3/c1-22(2)8-4-9-23-11-6-17-15(19(23)25)14-16-18(21-17)7-12-24(20(16)26)10-5-13-27-3/h6-7,11-12,14H,4-5,8-10,13H2,1-3H3. The van der Waals surface area contributed by atoms with Gasteiger partial charge in [0.1, 0.15) is 0 Å². The van der Waals surface area contributed by atoms with Gasteiger partial charge in [0.25, 0.3) is 11.1 Å². The van der Waals surface area contributed by atoms with Gasteiger partial charge in [-0.25, -0.2) is 4.98 Å². The Hall–Kier alpha value is -2.51. The zero-order valence-corrected chi connectivity index (χ0v) is 16.1. The molecule has 0 N–H and O–H groups in total. The number of fused-ring (bicyclic) bond motifs is 2. The highest BCUT2D eigenvalue weighted by Crippen LogP contribution is 2.14. The Morgan fingerprint density at radius 1 is 0.963 bits per heavy atom. The molecule has 0 bridgehead atoms. The van der Waals surface area contributed by atoms with Gasteiger partial charge >= 0.3 is 0 Å². The molecule has 3 aromatic heterocycles. The molecule has 0 saturated heterocycles. The minimum atomic E-state index is -0.125. The number of rotatable bonds is 8. The van der Waals surface area contributed by atoms with Crippen LogP contribution >= 0.6 is 0 Å². The molecule has 0 aromatic carbocycles. The first-order valence-corrected chi connectivity index (χ1v) is 9.18. The second-order valence-corrected chi connectivity index (χ2v) is 6.99. The van der Waals surface area contributed by atoms with Crippen molar-refractivity contribution in [3.8, 4) is 0 Å². The molecule has 0 saturated carbocycles. The molecule has 0 fully saturated rings. The van der Waals surface area contributed by atoms with Gasteiger partial charge in [-0.05, 0) is 51.7 Å². The van der Waals surface area contributed by atoms with Gasteiger partial charge in [0.2, 0.25) is 0 Å². The number of hydrogen-bond donors (Lipinski definition) is 0. The van der Waals surface area contributed by atoms with E-state index in [0.717, 1.165) is 19.4 Å². The van der Waals surface area contributed by atoms with Gasteiger partial charge in [0.15, 0.2) is 0 Å². The lowest BCUT2D eigenvalue weighted by Gasteiger charge is -2.11. The molecule has 0 amide bonds. The Labute approximate surface area is 157 Å². The van der Waals surface area contributed by atoms with Crippen molar-refractivity contribution in [1.82, 2.24) is 19.0 Å². The number of pyridine rings is 3. The Bertz CT molecular complexity index is 1050. The van der Waals surface area contributed by atoms with E-state index < -0.39 is 0 Å². The van der Waals surface area contributed by atoms with E-state index in [1.807, 2.05) is 26.2 Å². The fourth-order valence-electron chi connectivity index (χ4n) is 3.19. The maximum absolute atomic E-state index is 12.8. The molecule has 7 nitrogen and oxygen atoms in total. The average molecular weight is 370 g/mol. The van der Waals surface area contributed by atoms with Crippen molar-refractivity contribution < 1.29 is 4.74 Å². The van der Waals surface area contributed by atoms with Crippen molar-refractivity contribution in [2.24, 2.45) is 0 Å². The van der Waals surface area contributed by atoms with Crippen molar-refractivity contribution in [1.29, 1.82) is 0 Å². The smallest absolute Gasteiger partial charge is 0.260 e. The fraction of sp³-hybridized carbons (Fsp3) is 0.450. The SMILES string of the molecule is COCCCn1ccc2nc3ccn(CCCN(C)C)c(=O)c3cc2c1=O. The zero-order chi connectivity index (χ0) is 19.4. The van der Waals surface area contributed by atoms with Crippen LogP contribution in [-0.4, -0.2) is 53.4 Å². The predicted octanol–water partition coefficient (Wildman–Crippen LogP) is 1.70. The molecule has 3 aromatic rings. The first-order chi connectivity index (χ1) is 13.0. The van der Waals surface area contributed by atoms with E-state index in [4.69, 9.17) is 4.74 Å². The van der Waals surface area contributed by atoms with Crippen LogP contribution in [0.5, 0.6) is 0 Å². The van der Waals surface area contributed by atoms with Gasteiger partial charge < -0.3 is 18.8 Å². The number of methoxy groups -OCH3 is 1. The predicted molar refractivity (Wildman–Crippen MR) is 107 cm³/mol. The van der Waals surface area contributed by atoms with Crippen LogP contribution in [-0.2, 0) is 17.8 Å². The quantitative estimate of drug-likeness (QED) is 0.446. The third-order valence-corrected chi connectivity index (χ3v) is 4.64. The molecule has 0 aliphatic carbocycles. The van der Waals surface area contributed by atoms with Gasteiger partial charge in [-0.15, -0.1) is 0 Å². The van der Waals surface area contributed by atoms with E-state index in [9.17, 15) is 9.59 Å². The van der Waals surface area contributed by atoms with Gasteiger partial charge in [0.05, 0.1) is 21.8 Å². The van der Waals surface area contributed by atoms with Crippen LogP contribution in [0.4, 0.5) is 0 Å². The molecule has 0 radical (unpaired) electrons. The van der Waals surface area contributed by atoms with E-state index in [1.165, 1.54) is 0 Å². The third kappa shape index (κ3) is 4.26. The van der Waals surface area contributed by atoms with Crippen LogP contribution in [0.15, 0.2) is 40.2 Å². The summed E-state index contributed by atoms with van der Waals surface area (Å²) in [7, 11) is 5.66. The molecule has 0 spiro atoms. The second-order valence-electron chi connectivity index (χ2n) is 6.99. The van der Waals surface area contributed by atoms with Crippen molar-refractivity contribution in [3.05, 3.63) is 51.3 Å². The molecule has 0 aliphatic rings. The Morgan fingerprint density at radius 3 is 2.04 bits per heavy atom. The minimum Gasteiger partial charge on any atom is -0.385 e. The second kappa shape index (κ2) is 8.45. The molecule has 7 heteroatoms. The molecule has 0 aliphatic heterocycles.